The molecule has 4 nitrogen and oxygen atoms in total. The minimum Gasteiger partial charge on any atom is -0.480 e. The molecule has 0 aromatic carbocycles. The van der Waals surface area contributed by atoms with E-state index >= 15 is 0 Å². The number of rotatable bonds is 3. The van der Waals surface area contributed by atoms with Crippen LogP contribution in [-0.4, -0.2) is 59.1 Å². The van der Waals surface area contributed by atoms with Gasteiger partial charge in [-0.1, -0.05) is 20.3 Å². The van der Waals surface area contributed by atoms with E-state index in [4.69, 9.17) is 5.11 Å². The highest BCUT2D eigenvalue weighted by atomic mass is 16.4. The van der Waals surface area contributed by atoms with Crippen molar-refractivity contribution >= 4 is 5.97 Å². The molecule has 0 aromatic heterocycles. The van der Waals surface area contributed by atoms with Crippen molar-refractivity contribution in [3.63, 3.8) is 0 Å². The molecule has 4 atom stereocenters. The van der Waals surface area contributed by atoms with E-state index < -0.39 is 5.97 Å². The summed E-state index contributed by atoms with van der Waals surface area (Å²) < 4.78 is 0. The van der Waals surface area contributed by atoms with Gasteiger partial charge in [0.25, 0.3) is 0 Å². The van der Waals surface area contributed by atoms with Gasteiger partial charge < -0.3 is 5.11 Å². The molecule has 0 aromatic rings. The summed E-state index contributed by atoms with van der Waals surface area (Å²) in [4.78, 5) is 15.7. The second-order valence-electron chi connectivity index (χ2n) is 6.55. The van der Waals surface area contributed by atoms with Crippen LogP contribution in [0.5, 0.6) is 0 Å². The Morgan fingerprint density at radius 2 is 1.79 bits per heavy atom. The quantitative estimate of drug-likeness (QED) is 0.849. The first-order valence-electron chi connectivity index (χ1n) is 7.70. The molecule has 4 unspecified atom stereocenters. The standard InChI is InChI=1S/C15H28N2O2/c1-11-4-5-12(2)14(10-11)17-8-6-16(7-9-17)13(3)15(18)19/h11-14H,4-10H2,1-3H3,(H,18,19). The van der Waals surface area contributed by atoms with Crippen LogP contribution in [0.3, 0.4) is 0 Å². The average Bonchev–Trinajstić information content (AvgIpc) is 2.41. The normalized spacial score (nSPS) is 36.1. The van der Waals surface area contributed by atoms with Crippen molar-refractivity contribution in [2.75, 3.05) is 26.2 Å². The molecule has 1 heterocycles. The Balaban J connectivity index is 1.87. The summed E-state index contributed by atoms with van der Waals surface area (Å²) in [5.74, 6) is 0.935. The summed E-state index contributed by atoms with van der Waals surface area (Å²) in [5.41, 5.74) is 0. The number of piperazine rings is 1. The van der Waals surface area contributed by atoms with E-state index in [1.54, 1.807) is 6.92 Å². The van der Waals surface area contributed by atoms with Gasteiger partial charge in [-0.3, -0.25) is 14.6 Å². The number of carboxylic acid groups (broad SMARTS) is 1. The molecule has 2 aliphatic rings. The molecule has 0 radical (unpaired) electrons. The molecular weight excluding hydrogens is 240 g/mol. The van der Waals surface area contributed by atoms with Crippen LogP contribution in [0, 0.1) is 11.8 Å². The lowest BCUT2D eigenvalue weighted by Crippen LogP contribution is -2.56. The maximum absolute atomic E-state index is 11.0. The number of carboxylic acids is 1. The second kappa shape index (κ2) is 6.23. The molecule has 1 N–H and O–H groups in total. The van der Waals surface area contributed by atoms with Crippen molar-refractivity contribution in [1.29, 1.82) is 0 Å². The first kappa shape index (κ1) is 14.8. The van der Waals surface area contributed by atoms with Crippen molar-refractivity contribution in [3.05, 3.63) is 0 Å². The van der Waals surface area contributed by atoms with Gasteiger partial charge >= 0.3 is 5.97 Å². The van der Waals surface area contributed by atoms with E-state index in [1.165, 1.54) is 19.3 Å². The highest BCUT2D eigenvalue weighted by Crippen LogP contribution is 2.32. The number of hydrogen-bond donors (Lipinski definition) is 1. The predicted molar refractivity (Wildman–Crippen MR) is 76.2 cm³/mol. The molecule has 19 heavy (non-hydrogen) atoms. The molecule has 2 rings (SSSR count). The molecule has 0 bridgehead atoms. The Kier molecular flexibility index (Phi) is 4.85. The lowest BCUT2D eigenvalue weighted by atomic mass is 9.79. The second-order valence-corrected chi connectivity index (χ2v) is 6.55. The summed E-state index contributed by atoms with van der Waals surface area (Å²) >= 11 is 0. The summed E-state index contributed by atoms with van der Waals surface area (Å²) in [6, 6.07) is 0.371. The van der Waals surface area contributed by atoms with Crippen molar-refractivity contribution in [2.24, 2.45) is 11.8 Å². The van der Waals surface area contributed by atoms with Crippen LogP contribution in [0.1, 0.15) is 40.0 Å². The predicted octanol–water partition coefficient (Wildman–Crippen LogP) is 1.90. The van der Waals surface area contributed by atoms with Crippen LogP contribution < -0.4 is 0 Å². The number of aliphatic carboxylic acids is 1. The third-order valence-electron chi connectivity index (χ3n) is 5.14. The smallest absolute Gasteiger partial charge is 0.320 e. The monoisotopic (exact) mass is 268 g/mol. The first-order chi connectivity index (χ1) is 8.99. The van der Waals surface area contributed by atoms with Crippen molar-refractivity contribution < 1.29 is 9.90 Å². The van der Waals surface area contributed by atoms with Crippen LogP contribution in [0.15, 0.2) is 0 Å². The Morgan fingerprint density at radius 1 is 1.16 bits per heavy atom. The third kappa shape index (κ3) is 3.48. The molecule has 2 fully saturated rings. The Hall–Kier alpha value is -0.610. The van der Waals surface area contributed by atoms with Gasteiger partial charge in [0.15, 0.2) is 0 Å². The summed E-state index contributed by atoms with van der Waals surface area (Å²) in [5, 5.41) is 9.07. The summed E-state index contributed by atoms with van der Waals surface area (Å²) in [7, 11) is 0. The Morgan fingerprint density at radius 3 is 2.37 bits per heavy atom. The zero-order valence-corrected chi connectivity index (χ0v) is 12.5. The van der Waals surface area contributed by atoms with E-state index in [1.807, 2.05) is 0 Å². The maximum atomic E-state index is 11.0. The molecule has 4 heteroatoms. The zero-order valence-electron chi connectivity index (χ0n) is 12.5. The lowest BCUT2D eigenvalue weighted by Gasteiger charge is -2.45. The zero-order chi connectivity index (χ0) is 14.0. The van der Waals surface area contributed by atoms with E-state index in [0.29, 0.717) is 6.04 Å². The minimum absolute atomic E-state index is 0.343. The van der Waals surface area contributed by atoms with Crippen LogP contribution in [0.25, 0.3) is 0 Å². The van der Waals surface area contributed by atoms with Crippen LogP contribution in [0.4, 0.5) is 0 Å². The number of hydrogen-bond acceptors (Lipinski definition) is 3. The Labute approximate surface area is 116 Å². The average molecular weight is 268 g/mol. The van der Waals surface area contributed by atoms with E-state index in [9.17, 15) is 4.79 Å². The minimum atomic E-state index is -0.701. The number of carbonyl (C=O) groups is 1. The van der Waals surface area contributed by atoms with Crippen LogP contribution >= 0.6 is 0 Å². The molecule has 110 valence electrons. The van der Waals surface area contributed by atoms with Gasteiger partial charge in [-0.15, -0.1) is 0 Å². The fourth-order valence-corrected chi connectivity index (χ4v) is 3.62. The van der Waals surface area contributed by atoms with Gasteiger partial charge in [0.2, 0.25) is 0 Å². The largest absolute Gasteiger partial charge is 0.480 e. The van der Waals surface area contributed by atoms with E-state index in [0.717, 1.165) is 38.0 Å². The van der Waals surface area contributed by atoms with Crippen molar-refractivity contribution in [1.82, 2.24) is 9.80 Å². The SMILES string of the molecule is CC1CCC(C)C(N2CCN(C(C)C(=O)O)CC2)C1. The van der Waals surface area contributed by atoms with Crippen molar-refractivity contribution in [3.8, 4) is 0 Å². The van der Waals surface area contributed by atoms with Crippen molar-refractivity contribution in [2.45, 2.75) is 52.1 Å². The highest BCUT2D eigenvalue weighted by molar-refractivity contribution is 5.72. The maximum Gasteiger partial charge on any atom is 0.320 e. The van der Waals surface area contributed by atoms with Gasteiger partial charge in [0.05, 0.1) is 0 Å². The number of nitrogens with zero attached hydrogens (tertiary/aromatic N) is 2. The fraction of sp³-hybridized carbons (Fsp3) is 0.933. The first-order valence-corrected chi connectivity index (χ1v) is 7.70. The molecule has 1 aliphatic heterocycles. The molecule has 1 saturated carbocycles. The Bertz CT molecular complexity index is 313. The van der Waals surface area contributed by atoms with E-state index in [-0.39, 0.29) is 6.04 Å². The molecular formula is C15H28N2O2. The molecule has 1 saturated heterocycles. The fourth-order valence-electron chi connectivity index (χ4n) is 3.62. The van der Waals surface area contributed by atoms with Gasteiger partial charge in [0.1, 0.15) is 6.04 Å². The highest BCUT2D eigenvalue weighted by Gasteiger charge is 2.33. The van der Waals surface area contributed by atoms with Gasteiger partial charge in [-0.2, -0.15) is 0 Å². The topological polar surface area (TPSA) is 43.8 Å². The van der Waals surface area contributed by atoms with Gasteiger partial charge in [-0.25, -0.2) is 0 Å². The summed E-state index contributed by atoms with van der Waals surface area (Å²) in [6.45, 7) is 10.4. The van der Waals surface area contributed by atoms with Gasteiger partial charge in [-0.05, 0) is 31.6 Å². The molecule has 0 amide bonds. The third-order valence-corrected chi connectivity index (χ3v) is 5.14. The van der Waals surface area contributed by atoms with E-state index in [2.05, 4.69) is 23.6 Å². The van der Waals surface area contributed by atoms with Gasteiger partial charge in [0, 0.05) is 32.2 Å². The lowest BCUT2D eigenvalue weighted by molar-refractivity contribution is -0.143. The van der Waals surface area contributed by atoms with Crippen LogP contribution in [0.2, 0.25) is 0 Å². The molecule has 1 aliphatic carbocycles. The molecule has 0 spiro atoms. The van der Waals surface area contributed by atoms with Crippen LogP contribution in [-0.2, 0) is 4.79 Å². The summed E-state index contributed by atoms with van der Waals surface area (Å²) in [6.07, 6.45) is 4.03.